The van der Waals surface area contributed by atoms with E-state index in [-0.39, 0.29) is 6.23 Å². The summed E-state index contributed by atoms with van der Waals surface area (Å²) in [5.74, 6) is 0. The minimum atomic E-state index is 0.154. The molecule has 1 heterocycles. The van der Waals surface area contributed by atoms with Crippen LogP contribution in [0, 0.1) is 0 Å². The van der Waals surface area contributed by atoms with Crippen LogP contribution in [-0.4, -0.2) is 38.7 Å². The first-order valence-corrected chi connectivity index (χ1v) is 5.85. The van der Waals surface area contributed by atoms with Crippen LogP contribution < -0.4 is 4.90 Å². The number of hydrogen-bond donors (Lipinski definition) is 0. The van der Waals surface area contributed by atoms with Gasteiger partial charge in [-0.15, -0.1) is 0 Å². The van der Waals surface area contributed by atoms with Gasteiger partial charge in [0.15, 0.2) is 0 Å². The number of benzene rings is 1. The lowest BCUT2D eigenvalue weighted by Crippen LogP contribution is -2.23. The average molecular weight is 220 g/mol. The van der Waals surface area contributed by atoms with Gasteiger partial charge in [-0.25, -0.2) is 0 Å². The quantitative estimate of drug-likeness (QED) is 0.776. The monoisotopic (exact) mass is 220 g/mol. The molecule has 0 radical (unpaired) electrons. The molecule has 0 bridgehead atoms. The summed E-state index contributed by atoms with van der Waals surface area (Å²) >= 11 is 0. The van der Waals surface area contributed by atoms with Crippen molar-refractivity contribution in [2.24, 2.45) is 0 Å². The van der Waals surface area contributed by atoms with Crippen molar-refractivity contribution in [1.29, 1.82) is 0 Å². The molecular formula is C13H20N2O. The molecule has 16 heavy (non-hydrogen) atoms. The normalized spacial score (nSPS) is 21.3. The van der Waals surface area contributed by atoms with Crippen molar-refractivity contribution in [1.82, 2.24) is 4.90 Å². The Labute approximate surface area is 97.6 Å². The van der Waals surface area contributed by atoms with Crippen molar-refractivity contribution in [2.75, 3.05) is 38.7 Å². The van der Waals surface area contributed by atoms with Crippen molar-refractivity contribution >= 4 is 5.69 Å². The summed E-state index contributed by atoms with van der Waals surface area (Å²) < 4.78 is 5.76. The van der Waals surface area contributed by atoms with Gasteiger partial charge < -0.3 is 9.64 Å². The van der Waals surface area contributed by atoms with Gasteiger partial charge in [0.2, 0.25) is 0 Å². The second-order valence-electron chi connectivity index (χ2n) is 4.34. The van der Waals surface area contributed by atoms with Crippen LogP contribution in [0.4, 0.5) is 5.69 Å². The standard InChI is InChI=1S/C13H20N2O/c1-4-15-9-10-16-13(15)11-5-7-12(8-6-11)14(2)3/h5-8,13H,4,9-10H2,1-3H3. The Kier molecular flexibility index (Phi) is 3.46. The Morgan fingerprint density at radius 3 is 2.56 bits per heavy atom. The summed E-state index contributed by atoms with van der Waals surface area (Å²) in [6, 6.07) is 8.61. The predicted octanol–water partition coefficient (Wildman–Crippen LogP) is 2.10. The number of nitrogens with zero attached hydrogens (tertiary/aromatic N) is 2. The van der Waals surface area contributed by atoms with Gasteiger partial charge in [-0.3, -0.25) is 4.90 Å². The van der Waals surface area contributed by atoms with Crippen LogP contribution in [0.25, 0.3) is 0 Å². The summed E-state index contributed by atoms with van der Waals surface area (Å²) in [6.07, 6.45) is 0.154. The van der Waals surface area contributed by atoms with Crippen LogP contribution >= 0.6 is 0 Å². The number of ether oxygens (including phenoxy) is 1. The van der Waals surface area contributed by atoms with Gasteiger partial charge in [-0.2, -0.15) is 0 Å². The SMILES string of the molecule is CCN1CCOC1c1ccc(N(C)C)cc1. The van der Waals surface area contributed by atoms with Crippen molar-refractivity contribution in [3.8, 4) is 0 Å². The van der Waals surface area contributed by atoms with Crippen molar-refractivity contribution in [3.63, 3.8) is 0 Å². The highest BCUT2D eigenvalue weighted by molar-refractivity contribution is 5.46. The van der Waals surface area contributed by atoms with E-state index in [1.165, 1.54) is 11.3 Å². The third-order valence-electron chi connectivity index (χ3n) is 3.09. The highest BCUT2D eigenvalue weighted by Gasteiger charge is 2.24. The van der Waals surface area contributed by atoms with E-state index in [1.807, 2.05) is 0 Å². The number of likely N-dealkylation sites (N-methyl/N-ethyl adjacent to an activating group) is 1. The fraction of sp³-hybridized carbons (Fsp3) is 0.538. The predicted molar refractivity (Wildman–Crippen MR) is 66.7 cm³/mol. The van der Waals surface area contributed by atoms with E-state index in [0.717, 1.165) is 19.7 Å². The molecule has 3 nitrogen and oxygen atoms in total. The molecule has 1 fully saturated rings. The van der Waals surface area contributed by atoms with Gasteiger partial charge in [0.05, 0.1) is 6.61 Å². The van der Waals surface area contributed by atoms with Gasteiger partial charge >= 0.3 is 0 Å². The summed E-state index contributed by atoms with van der Waals surface area (Å²) in [5.41, 5.74) is 2.48. The van der Waals surface area contributed by atoms with Crippen molar-refractivity contribution in [3.05, 3.63) is 29.8 Å². The lowest BCUT2D eigenvalue weighted by Gasteiger charge is -2.22. The van der Waals surface area contributed by atoms with E-state index < -0.39 is 0 Å². The van der Waals surface area contributed by atoms with Crippen LogP contribution in [0.1, 0.15) is 18.7 Å². The first-order valence-electron chi connectivity index (χ1n) is 5.85. The largest absolute Gasteiger partial charge is 0.378 e. The smallest absolute Gasteiger partial charge is 0.136 e. The molecule has 3 heteroatoms. The van der Waals surface area contributed by atoms with Crippen molar-refractivity contribution < 1.29 is 4.74 Å². The Bertz CT molecular complexity index is 334. The van der Waals surface area contributed by atoms with E-state index in [2.05, 4.69) is 55.1 Å². The summed E-state index contributed by atoms with van der Waals surface area (Å²) in [4.78, 5) is 4.46. The third kappa shape index (κ3) is 2.20. The van der Waals surface area contributed by atoms with Gasteiger partial charge in [-0.05, 0) is 24.2 Å². The lowest BCUT2D eigenvalue weighted by molar-refractivity contribution is 0.0353. The maximum absolute atomic E-state index is 5.76. The molecule has 0 saturated carbocycles. The molecule has 1 aliphatic rings. The van der Waals surface area contributed by atoms with Gasteiger partial charge in [0, 0.05) is 26.3 Å². The summed E-state index contributed by atoms with van der Waals surface area (Å²) in [6.45, 7) is 5.10. The first-order chi connectivity index (χ1) is 7.72. The van der Waals surface area contributed by atoms with E-state index in [9.17, 15) is 0 Å². The van der Waals surface area contributed by atoms with Gasteiger partial charge in [0.25, 0.3) is 0 Å². The maximum Gasteiger partial charge on any atom is 0.136 e. The second kappa shape index (κ2) is 4.85. The van der Waals surface area contributed by atoms with Crippen LogP contribution in [0.15, 0.2) is 24.3 Å². The summed E-state index contributed by atoms with van der Waals surface area (Å²) in [5, 5.41) is 0. The minimum Gasteiger partial charge on any atom is -0.378 e. The summed E-state index contributed by atoms with van der Waals surface area (Å²) in [7, 11) is 4.11. The van der Waals surface area contributed by atoms with Crippen LogP contribution in [0.2, 0.25) is 0 Å². The topological polar surface area (TPSA) is 15.7 Å². The van der Waals surface area contributed by atoms with E-state index in [1.54, 1.807) is 0 Å². The van der Waals surface area contributed by atoms with Gasteiger partial charge in [-0.1, -0.05) is 19.1 Å². The zero-order valence-corrected chi connectivity index (χ0v) is 10.3. The van der Waals surface area contributed by atoms with Crippen LogP contribution in [0.3, 0.4) is 0 Å². The molecule has 0 aromatic heterocycles. The maximum atomic E-state index is 5.76. The van der Waals surface area contributed by atoms with Gasteiger partial charge in [0.1, 0.15) is 6.23 Å². The molecule has 88 valence electrons. The van der Waals surface area contributed by atoms with E-state index in [4.69, 9.17) is 4.74 Å². The molecule has 0 aliphatic carbocycles. The fourth-order valence-corrected chi connectivity index (χ4v) is 2.07. The van der Waals surface area contributed by atoms with Crippen molar-refractivity contribution in [2.45, 2.75) is 13.2 Å². The molecule has 0 amide bonds. The molecule has 1 saturated heterocycles. The molecular weight excluding hydrogens is 200 g/mol. The molecule has 1 aromatic carbocycles. The fourth-order valence-electron chi connectivity index (χ4n) is 2.07. The number of hydrogen-bond acceptors (Lipinski definition) is 3. The molecule has 1 aromatic rings. The Balaban J connectivity index is 2.15. The molecule has 1 atom stereocenters. The third-order valence-corrected chi connectivity index (χ3v) is 3.09. The first kappa shape index (κ1) is 11.4. The number of rotatable bonds is 3. The molecule has 1 aliphatic heterocycles. The molecule has 1 unspecified atom stereocenters. The molecule has 0 N–H and O–H groups in total. The van der Waals surface area contributed by atoms with E-state index >= 15 is 0 Å². The van der Waals surface area contributed by atoms with E-state index in [0.29, 0.717) is 0 Å². The Hall–Kier alpha value is -1.06. The molecule has 0 spiro atoms. The zero-order valence-electron chi connectivity index (χ0n) is 10.3. The minimum absolute atomic E-state index is 0.154. The Morgan fingerprint density at radius 2 is 2.00 bits per heavy atom. The van der Waals surface area contributed by atoms with Crippen LogP contribution in [0.5, 0.6) is 0 Å². The lowest BCUT2D eigenvalue weighted by atomic mass is 10.1. The zero-order chi connectivity index (χ0) is 11.5. The number of anilines is 1. The molecule has 2 rings (SSSR count). The Morgan fingerprint density at radius 1 is 1.31 bits per heavy atom. The second-order valence-corrected chi connectivity index (χ2v) is 4.34. The highest BCUT2D eigenvalue weighted by atomic mass is 16.5. The highest BCUT2D eigenvalue weighted by Crippen LogP contribution is 2.27. The van der Waals surface area contributed by atoms with Crippen LogP contribution in [-0.2, 0) is 4.74 Å². The average Bonchev–Trinajstić information content (AvgIpc) is 2.77.